The molecule has 0 amide bonds. The summed E-state index contributed by atoms with van der Waals surface area (Å²) in [6, 6.07) is 8.17. The molecule has 0 saturated carbocycles. The monoisotopic (exact) mass is 352 g/mol. The van der Waals surface area contributed by atoms with Crippen molar-refractivity contribution in [2.45, 2.75) is 12.7 Å². The highest BCUT2D eigenvalue weighted by molar-refractivity contribution is 5.40. The number of anilines is 1. The lowest BCUT2D eigenvalue weighted by atomic mass is 10.2. The largest absolute Gasteiger partial charge is 0.481 e. The summed E-state index contributed by atoms with van der Waals surface area (Å²) in [5.74, 6) is 1.16. The lowest BCUT2D eigenvalue weighted by molar-refractivity contribution is -0.137. The summed E-state index contributed by atoms with van der Waals surface area (Å²) in [5.41, 5.74) is 0.208. The fourth-order valence-electron chi connectivity index (χ4n) is 2.76. The van der Waals surface area contributed by atoms with E-state index in [0.717, 1.165) is 31.0 Å². The molecule has 1 fully saturated rings. The molecule has 8 heteroatoms. The first-order valence-electron chi connectivity index (χ1n) is 7.96. The van der Waals surface area contributed by atoms with Crippen LogP contribution in [0.15, 0.2) is 36.5 Å². The van der Waals surface area contributed by atoms with Crippen molar-refractivity contribution >= 4 is 5.82 Å². The van der Waals surface area contributed by atoms with Gasteiger partial charge in [-0.25, -0.2) is 9.97 Å². The Bertz CT molecular complexity index is 698. The van der Waals surface area contributed by atoms with E-state index in [4.69, 9.17) is 4.74 Å². The fourth-order valence-corrected chi connectivity index (χ4v) is 2.76. The zero-order chi connectivity index (χ0) is 17.9. The van der Waals surface area contributed by atoms with E-state index in [0.29, 0.717) is 31.3 Å². The molecule has 0 aliphatic carbocycles. The molecule has 0 atom stereocenters. The number of alkyl halides is 3. The fraction of sp³-hybridized carbons (Fsp3) is 0.412. The van der Waals surface area contributed by atoms with Gasteiger partial charge in [0.25, 0.3) is 0 Å². The maximum Gasteiger partial charge on any atom is 0.417 e. The molecule has 25 heavy (non-hydrogen) atoms. The Morgan fingerprint density at radius 2 is 1.84 bits per heavy atom. The molecule has 0 bridgehead atoms. The van der Waals surface area contributed by atoms with Crippen molar-refractivity contribution in [3.8, 4) is 5.88 Å². The second-order valence-electron chi connectivity index (χ2n) is 5.84. The number of halogens is 3. The number of nitrogens with zero attached hydrogens (tertiary/aromatic N) is 4. The van der Waals surface area contributed by atoms with Crippen molar-refractivity contribution in [2.24, 2.45) is 0 Å². The van der Waals surface area contributed by atoms with Crippen LogP contribution in [0.2, 0.25) is 0 Å². The molecule has 3 heterocycles. The van der Waals surface area contributed by atoms with E-state index < -0.39 is 11.7 Å². The van der Waals surface area contributed by atoms with Gasteiger partial charge >= 0.3 is 6.18 Å². The van der Waals surface area contributed by atoms with Gasteiger partial charge in [0, 0.05) is 45.0 Å². The third-order valence-electron chi connectivity index (χ3n) is 4.15. The van der Waals surface area contributed by atoms with E-state index in [1.807, 2.05) is 17.0 Å². The Balaban J connectivity index is 1.56. The van der Waals surface area contributed by atoms with Gasteiger partial charge in [-0.15, -0.1) is 0 Å². The van der Waals surface area contributed by atoms with Crippen LogP contribution in [0.4, 0.5) is 19.0 Å². The number of methoxy groups -OCH3 is 1. The lowest BCUT2D eigenvalue weighted by Crippen LogP contribution is -2.46. The first-order valence-corrected chi connectivity index (χ1v) is 7.96. The van der Waals surface area contributed by atoms with Crippen LogP contribution in [-0.2, 0) is 12.7 Å². The Labute approximate surface area is 144 Å². The molecule has 1 aliphatic heterocycles. The van der Waals surface area contributed by atoms with Gasteiger partial charge in [0.2, 0.25) is 5.88 Å². The minimum Gasteiger partial charge on any atom is -0.481 e. The van der Waals surface area contributed by atoms with Gasteiger partial charge < -0.3 is 9.64 Å². The Kier molecular flexibility index (Phi) is 5.08. The maximum absolute atomic E-state index is 12.6. The molecule has 0 aromatic carbocycles. The van der Waals surface area contributed by atoms with Gasteiger partial charge in [-0.1, -0.05) is 6.07 Å². The van der Waals surface area contributed by atoms with E-state index in [2.05, 4.69) is 14.9 Å². The van der Waals surface area contributed by atoms with Gasteiger partial charge in [-0.2, -0.15) is 13.2 Å². The number of pyridine rings is 2. The summed E-state index contributed by atoms with van der Waals surface area (Å²) in [6.45, 7) is 3.72. The van der Waals surface area contributed by atoms with Gasteiger partial charge in [0.05, 0.1) is 18.4 Å². The molecule has 2 aromatic heterocycles. The SMILES string of the molecule is COc1cccc(CN2CCN(c3ccc(C(F)(F)F)cn3)CC2)n1. The van der Waals surface area contributed by atoms with Crippen molar-refractivity contribution < 1.29 is 17.9 Å². The third kappa shape index (κ3) is 4.39. The summed E-state index contributed by atoms with van der Waals surface area (Å²) < 4.78 is 42.9. The van der Waals surface area contributed by atoms with E-state index in [1.165, 1.54) is 6.07 Å². The van der Waals surface area contributed by atoms with Crippen molar-refractivity contribution in [3.63, 3.8) is 0 Å². The normalized spacial score (nSPS) is 16.1. The summed E-state index contributed by atoms with van der Waals surface area (Å²) >= 11 is 0. The maximum atomic E-state index is 12.6. The number of aromatic nitrogens is 2. The summed E-state index contributed by atoms with van der Waals surface area (Å²) in [7, 11) is 1.59. The van der Waals surface area contributed by atoms with Crippen LogP contribution in [0.1, 0.15) is 11.3 Å². The van der Waals surface area contributed by atoms with Crippen molar-refractivity contribution in [1.82, 2.24) is 14.9 Å². The zero-order valence-electron chi connectivity index (χ0n) is 13.8. The zero-order valence-corrected chi connectivity index (χ0v) is 13.8. The van der Waals surface area contributed by atoms with Crippen LogP contribution in [0.25, 0.3) is 0 Å². The molecule has 0 unspecified atom stereocenters. The number of ether oxygens (including phenoxy) is 1. The van der Waals surface area contributed by atoms with Crippen LogP contribution in [0.5, 0.6) is 5.88 Å². The first-order chi connectivity index (χ1) is 12.0. The molecular weight excluding hydrogens is 333 g/mol. The second kappa shape index (κ2) is 7.26. The molecule has 1 aliphatic rings. The smallest absolute Gasteiger partial charge is 0.417 e. The molecule has 1 saturated heterocycles. The summed E-state index contributed by atoms with van der Waals surface area (Å²) in [5, 5.41) is 0. The summed E-state index contributed by atoms with van der Waals surface area (Å²) in [4.78, 5) is 12.6. The Hall–Kier alpha value is -2.35. The average molecular weight is 352 g/mol. The molecular formula is C17H19F3N4O. The molecule has 0 N–H and O–H groups in total. The molecule has 134 valence electrons. The number of hydrogen-bond donors (Lipinski definition) is 0. The van der Waals surface area contributed by atoms with Crippen LogP contribution in [0.3, 0.4) is 0 Å². The minimum atomic E-state index is -4.35. The van der Waals surface area contributed by atoms with Gasteiger partial charge in [-0.3, -0.25) is 4.90 Å². The topological polar surface area (TPSA) is 41.5 Å². The molecule has 0 radical (unpaired) electrons. The number of piperazine rings is 1. The van der Waals surface area contributed by atoms with E-state index in [-0.39, 0.29) is 0 Å². The molecule has 5 nitrogen and oxygen atoms in total. The third-order valence-corrected chi connectivity index (χ3v) is 4.15. The molecule has 0 spiro atoms. The standard InChI is InChI=1S/C17H19F3N4O/c1-25-16-4-2-3-14(22-16)12-23-7-9-24(10-8-23)15-6-5-13(11-21-15)17(18,19)20/h2-6,11H,7-10,12H2,1H3. The average Bonchev–Trinajstić information content (AvgIpc) is 2.62. The second-order valence-corrected chi connectivity index (χ2v) is 5.84. The van der Waals surface area contributed by atoms with Gasteiger partial charge in [-0.05, 0) is 18.2 Å². The molecule has 2 aromatic rings. The van der Waals surface area contributed by atoms with Crippen LogP contribution in [0, 0.1) is 0 Å². The van der Waals surface area contributed by atoms with Crippen molar-refractivity contribution in [1.29, 1.82) is 0 Å². The highest BCUT2D eigenvalue weighted by atomic mass is 19.4. The number of hydrogen-bond acceptors (Lipinski definition) is 5. The van der Waals surface area contributed by atoms with Crippen LogP contribution >= 0.6 is 0 Å². The van der Waals surface area contributed by atoms with Gasteiger partial charge in [0.15, 0.2) is 0 Å². The first kappa shape index (κ1) is 17.5. The Morgan fingerprint density at radius 3 is 2.44 bits per heavy atom. The van der Waals surface area contributed by atoms with Crippen LogP contribution in [-0.4, -0.2) is 48.2 Å². The summed E-state index contributed by atoms with van der Waals surface area (Å²) in [6.07, 6.45) is -3.46. The van der Waals surface area contributed by atoms with Gasteiger partial charge in [0.1, 0.15) is 5.82 Å². The Morgan fingerprint density at radius 1 is 1.08 bits per heavy atom. The van der Waals surface area contributed by atoms with E-state index >= 15 is 0 Å². The quantitative estimate of drug-likeness (QED) is 0.846. The minimum absolute atomic E-state index is 0.576. The van der Waals surface area contributed by atoms with E-state index in [9.17, 15) is 13.2 Å². The number of rotatable bonds is 4. The predicted molar refractivity (Wildman–Crippen MR) is 87.5 cm³/mol. The predicted octanol–water partition coefficient (Wildman–Crippen LogP) is 2.83. The van der Waals surface area contributed by atoms with Crippen molar-refractivity contribution in [3.05, 3.63) is 47.8 Å². The lowest BCUT2D eigenvalue weighted by Gasteiger charge is -2.35. The highest BCUT2D eigenvalue weighted by Gasteiger charge is 2.31. The van der Waals surface area contributed by atoms with E-state index in [1.54, 1.807) is 13.2 Å². The highest BCUT2D eigenvalue weighted by Crippen LogP contribution is 2.29. The molecule has 3 rings (SSSR count). The van der Waals surface area contributed by atoms with Crippen LogP contribution < -0.4 is 9.64 Å². The van der Waals surface area contributed by atoms with Crippen molar-refractivity contribution in [2.75, 3.05) is 38.2 Å².